The van der Waals surface area contributed by atoms with Crippen molar-refractivity contribution in [3.8, 4) is 0 Å². The molecule has 814 valence electrons. The van der Waals surface area contributed by atoms with Gasteiger partial charge in [-0.05, 0) is 289 Å². The van der Waals surface area contributed by atoms with Crippen LogP contribution in [0.1, 0.15) is 203 Å². The van der Waals surface area contributed by atoms with E-state index in [1.807, 2.05) is 19.1 Å². The molecule has 0 fully saturated rings. The van der Waals surface area contributed by atoms with Gasteiger partial charge in [-0.2, -0.15) is 92.0 Å². The quantitative estimate of drug-likeness (QED) is 0.0227. The molecule has 10 unspecified atom stereocenters. The van der Waals surface area contributed by atoms with E-state index in [0.717, 1.165) is 92.6 Å². The van der Waals surface area contributed by atoms with E-state index in [1.165, 1.54) is 136 Å². The van der Waals surface area contributed by atoms with Crippen LogP contribution in [0, 0.1) is 29.1 Å². The summed E-state index contributed by atoms with van der Waals surface area (Å²) in [5, 5.41) is 17.4. The molecule has 0 aromatic heterocycles. The van der Waals surface area contributed by atoms with Crippen LogP contribution >= 0.6 is 50.9 Å². The zero-order chi connectivity index (χ0) is 108. The lowest BCUT2D eigenvalue weighted by atomic mass is 9.76. The molecule has 0 aliphatic heterocycles. The number of hydrogen-bond acceptors (Lipinski definition) is 12. The van der Waals surface area contributed by atoms with Gasteiger partial charge in [-0.1, -0.05) is 182 Å². The number of carboxylic acid groups (broad SMARTS) is 2. The highest BCUT2D eigenvalue weighted by atomic mass is 35.5. The summed E-state index contributed by atoms with van der Waals surface area (Å²) in [6.45, 7) is 2.78. The Hall–Kier alpha value is -10.9. The predicted molar refractivity (Wildman–Crippen MR) is 554 cm³/mol. The van der Waals surface area contributed by atoms with Crippen molar-refractivity contribution in [3.63, 3.8) is 0 Å². The van der Waals surface area contributed by atoms with Crippen LogP contribution in [0.2, 0.25) is 0 Å². The number of fused-ring (bicyclic) bond motifs is 5. The van der Waals surface area contributed by atoms with Gasteiger partial charge in [0.05, 0.1) is 33.8 Å². The van der Waals surface area contributed by atoms with Crippen molar-refractivity contribution in [2.45, 2.75) is 206 Å². The van der Waals surface area contributed by atoms with Gasteiger partial charge in [0, 0.05) is 94.8 Å². The van der Waals surface area contributed by atoms with Crippen LogP contribution in [0.5, 0.6) is 0 Å². The Morgan fingerprint density at radius 2 is 0.487 bits per heavy atom. The van der Waals surface area contributed by atoms with E-state index in [-0.39, 0.29) is 127 Å². The lowest BCUT2D eigenvalue weighted by Gasteiger charge is -2.31. The number of hydrogen-bond donors (Lipinski definition) is 8. The molecule has 0 heterocycles. The summed E-state index contributed by atoms with van der Waals surface area (Å²) < 4.78 is 278. The topological polar surface area (TPSA) is 242 Å². The molecule has 12 aromatic carbocycles. The molecule has 13 nitrogen and oxygen atoms in total. The Balaban J connectivity index is 0.000000266. The molecule has 0 bridgehead atoms. The van der Waals surface area contributed by atoms with Crippen LogP contribution in [-0.2, 0) is 124 Å². The van der Waals surface area contributed by atoms with Crippen LogP contribution in [0.3, 0.4) is 0 Å². The average molecular weight is 2190 g/mol. The molecule has 5 aliphatic rings. The second-order valence-corrected chi connectivity index (χ2v) is 36.3. The van der Waals surface area contributed by atoms with Crippen LogP contribution in [0.25, 0.3) is 0 Å². The van der Waals surface area contributed by atoms with E-state index in [4.69, 9.17) is 48.4 Å². The largest absolute Gasteiger partial charge is 0.479 e. The number of aliphatic carboxylic acids is 2. The number of rotatable bonds is 18. The molecule has 17 rings (SSSR count). The molecule has 12 N–H and O–H groups in total. The Kier molecular flexibility index (Phi) is 51.1. The summed E-state index contributed by atoms with van der Waals surface area (Å²) in [6, 6.07) is 66.6. The third-order valence-electron chi connectivity index (χ3n) is 25.9. The van der Waals surface area contributed by atoms with Crippen molar-refractivity contribution in [1.29, 1.82) is 0 Å². The van der Waals surface area contributed by atoms with Gasteiger partial charge >= 0.3 is 42.8 Å². The van der Waals surface area contributed by atoms with E-state index in [1.54, 1.807) is 123 Å². The lowest BCUT2D eigenvalue weighted by molar-refractivity contribution is -0.149. The third kappa shape index (κ3) is 38.4. The molecule has 12 aromatic rings. The second kappa shape index (κ2) is 59.9. The van der Waals surface area contributed by atoms with Crippen molar-refractivity contribution in [2.75, 3.05) is 41.0 Å². The molecule has 0 amide bonds. The molecule has 37 heteroatoms. The minimum Gasteiger partial charge on any atom is -0.479 e. The van der Waals surface area contributed by atoms with Gasteiger partial charge in [-0.15, -0.1) is 24.8 Å². The van der Waals surface area contributed by atoms with E-state index in [9.17, 15) is 97.4 Å². The lowest BCUT2D eigenvalue weighted by Crippen LogP contribution is -2.34. The molecule has 5 aliphatic carbocycles. The minimum atomic E-state index is -4.36. The number of benzene rings is 12. The first kappa shape index (κ1) is 128. The Morgan fingerprint density at radius 3 is 0.633 bits per heavy atom. The zero-order valence-electron chi connectivity index (χ0n) is 82.5. The summed E-state index contributed by atoms with van der Waals surface area (Å²) in [7, 11) is 6.05. The molecule has 150 heavy (non-hydrogen) atoms. The third-order valence-corrected chi connectivity index (χ3v) is 26.2. The molecule has 0 spiro atoms. The summed E-state index contributed by atoms with van der Waals surface area (Å²) in [5.74, 6) is -3.37. The molecule has 0 saturated carbocycles. The minimum absolute atomic E-state index is 0. The highest BCUT2D eigenvalue weighted by Crippen LogP contribution is 2.44. The second-order valence-electron chi connectivity index (χ2n) is 36.0. The van der Waals surface area contributed by atoms with Crippen molar-refractivity contribution in [3.05, 3.63) is 424 Å². The number of thiol groups is 1. The molecular weight excluding hydrogens is 2070 g/mol. The van der Waals surface area contributed by atoms with E-state index in [2.05, 4.69) is 22.1 Å². The smallest absolute Gasteiger partial charge is 0.416 e. The number of halogens is 22. The van der Waals surface area contributed by atoms with Crippen molar-refractivity contribution in [1.82, 2.24) is 0 Å². The fraction of sp³-hybridized carbons (Fsp3) is 0.345. The van der Waals surface area contributed by atoms with Gasteiger partial charge in [0.15, 0.2) is 12.2 Å². The molecule has 0 radical (unpaired) electrons. The van der Waals surface area contributed by atoms with E-state index >= 15 is 0 Å². The van der Waals surface area contributed by atoms with Crippen LogP contribution in [0.4, 0.5) is 87.8 Å². The van der Waals surface area contributed by atoms with Crippen LogP contribution in [0.15, 0.2) is 273 Å². The highest BCUT2D eigenvalue weighted by molar-refractivity contribution is 7.80. The number of carbonyl (C=O) groups is 2. The molecule has 0 saturated heterocycles. The number of aryl methyl sites for hydroxylation is 5. The summed E-state index contributed by atoms with van der Waals surface area (Å²) in [4.78, 5) is 21.2. The monoisotopic (exact) mass is 2190 g/mol. The van der Waals surface area contributed by atoms with Crippen LogP contribution < -0.4 is 28.7 Å². The first-order valence-electron chi connectivity index (χ1n) is 47.3. The molecule has 12 atom stereocenters. The van der Waals surface area contributed by atoms with Crippen molar-refractivity contribution < 1.29 is 127 Å². The van der Waals surface area contributed by atoms with Gasteiger partial charge in [0.25, 0.3) is 0 Å². The maximum atomic E-state index is 13.4. The summed E-state index contributed by atoms with van der Waals surface area (Å²) in [5.41, 5.74) is 41.2. The fourth-order valence-electron chi connectivity index (χ4n) is 18.5. The Labute approximate surface area is 884 Å². The van der Waals surface area contributed by atoms with E-state index < -0.39 is 82.8 Å². The highest BCUT2D eigenvalue weighted by Gasteiger charge is 2.39. The number of carboxylic acids is 2. The van der Waals surface area contributed by atoms with Gasteiger partial charge in [0.2, 0.25) is 0 Å². The Bertz CT molecular complexity index is 5420. The predicted octanol–water partition coefficient (Wildman–Crippen LogP) is 27.3. The van der Waals surface area contributed by atoms with Gasteiger partial charge in [0.1, 0.15) is 29.1 Å². The maximum absolute atomic E-state index is 13.4. The maximum Gasteiger partial charge on any atom is 0.416 e. The average Bonchev–Trinajstić information content (AvgIpc) is 0.805. The van der Waals surface area contributed by atoms with Crippen LogP contribution in [-0.4, -0.2) is 93.3 Å². The first-order valence-corrected chi connectivity index (χ1v) is 47.9. The van der Waals surface area contributed by atoms with E-state index in [0.29, 0.717) is 141 Å². The van der Waals surface area contributed by atoms with Gasteiger partial charge in [-0.25, -0.2) is 31.5 Å². The summed E-state index contributed by atoms with van der Waals surface area (Å²) >= 11 is 3.70. The van der Waals surface area contributed by atoms with Gasteiger partial charge < -0.3 is 57.8 Å². The Morgan fingerprint density at radius 1 is 0.307 bits per heavy atom. The number of nitrogens with two attached hydrogens (primary N) is 5. The first-order chi connectivity index (χ1) is 69.5. The molecular formula is C113H123Cl2F20N5O8S2. The number of ether oxygens (including phenoxy) is 4. The summed E-state index contributed by atoms with van der Waals surface area (Å²) in [6.07, 6.45) is -14.3. The normalized spacial score (nSPS) is 18.6. The van der Waals surface area contributed by atoms with Gasteiger partial charge in [-0.3, -0.25) is 0 Å². The number of methoxy groups -OCH3 is 4. The van der Waals surface area contributed by atoms with Crippen molar-refractivity contribution >= 4 is 62.9 Å². The fourth-order valence-corrected chi connectivity index (χ4v) is 18.5. The standard InChI is InChI=1S/5C18H17F4N.2C9H10O3.C3H8O.C2H6OS.2ClH.H2S/c5*19-14-5-6-15-12(10-14)4-7-17(23)16(15)9-11-2-1-3-13(8-11)18(20,21)22;2*1-12-8(9(10)11)7-5-3-2-4-6-7;1-3-4-2;1-3-2-4;;;/h5*1-3,5-6,8,10,16-17H,4,7,9,23H2;2*2-6,8H,1H3,(H,10,11);3H2,1-2H3;4H,2H2,1H3;2*1H;1H2/t;;;;;2*8-;;;;;/m.....10...../s1. The van der Waals surface area contributed by atoms with Crippen molar-refractivity contribution in [2.24, 2.45) is 28.7 Å². The number of alkyl halides is 15. The zero-order valence-corrected chi connectivity index (χ0v) is 86.0. The SMILES string of the molecule is CCOC.COCS.CO[C@@H](C(=O)O)c1ccccc1.CO[C@H](C(=O)O)c1ccccc1.Cl.Cl.NC1CCc2cc(F)ccc2C1Cc1cccc(C(F)(F)F)c1.NC1CCc2cc(F)ccc2C1Cc1cccc(C(F)(F)F)c1.NC1CCc2cc(F)ccc2C1Cc1cccc(C(F)(F)F)c1.NC1CCc2cc(F)ccc2C1Cc1cccc(C(F)(F)F)c1.NC1CCc2cc(F)ccc2C1Cc1cccc(C(F)(F)F)c1.S.